The van der Waals surface area contributed by atoms with Crippen molar-refractivity contribution < 1.29 is 19.8 Å². The van der Waals surface area contributed by atoms with Crippen molar-refractivity contribution in [1.29, 1.82) is 0 Å². The highest BCUT2D eigenvalue weighted by atomic mass is 16.4. The molecule has 0 spiro atoms. The van der Waals surface area contributed by atoms with Crippen molar-refractivity contribution in [2.45, 2.75) is 19.8 Å². The number of urea groups is 1. The maximum Gasteiger partial charge on any atom is 0.335 e. The van der Waals surface area contributed by atoms with Gasteiger partial charge in [-0.2, -0.15) is 0 Å². The molecule has 0 unspecified atom stereocenters. The van der Waals surface area contributed by atoms with E-state index in [1.165, 1.54) is 0 Å². The molecule has 0 fully saturated rings. The van der Waals surface area contributed by atoms with Gasteiger partial charge in [-0.05, 0) is 30.5 Å². The number of amides is 2. The minimum absolute atomic E-state index is 0.0817. The monoisotopic (exact) mass is 292 g/mol. The first kappa shape index (κ1) is 15.3. The Hall–Kier alpha value is -2.08. The summed E-state index contributed by atoms with van der Waals surface area (Å²) in [5.41, 5.74) is 1.82. The molecule has 0 saturated heterocycles. The molecule has 0 bridgehead atoms. The Labute approximate surface area is 123 Å². The van der Waals surface area contributed by atoms with Gasteiger partial charge in [-0.3, -0.25) is 4.90 Å². The lowest BCUT2D eigenvalue weighted by molar-refractivity contribution is 0.0697. The summed E-state index contributed by atoms with van der Waals surface area (Å²) in [5, 5.41) is 18.1. The summed E-state index contributed by atoms with van der Waals surface area (Å²) in [5.74, 6) is -1.00. The Bertz CT molecular complexity index is 538. The molecule has 2 amide bonds. The molecule has 0 aromatic heterocycles. The third-order valence-electron chi connectivity index (χ3n) is 3.59. The van der Waals surface area contributed by atoms with Crippen LogP contribution < -0.4 is 4.90 Å². The van der Waals surface area contributed by atoms with Crippen molar-refractivity contribution in [3.05, 3.63) is 29.3 Å². The summed E-state index contributed by atoms with van der Waals surface area (Å²) in [6.07, 6.45) is 1.53. The largest absolute Gasteiger partial charge is 0.478 e. The summed E-state index contributed by atoms with van der Waals surface area (Å²) in [4.78, 5) is 26.8. The smallest absolute Gasteiger partial charge is 0.335 e. The maximum atomic E-state index is 12.6. The van der Waals surface area contributed by atoms with Crippen LogP contribution >= 0.6 is 0 Å². The van der Waals surface area contributed by atoms with Gasteiger partial charge in [-0.15, -0.1) is 0 Å². The van der Waals surface area contributed by atoms with Gasteiger partial charge in [0, 0.05) is 25.3 Å². The van der Waals surface area contributed by atoms with Gasteiger partial charge in [-0.1, -0.05) is 13.0 Å². The highest BCUT2D eigenvalue weighted by Gasteiger charge is 2.28. The molecular formula is C15H20N2O4. The van der Waals surface area contributed by atoms with E-state index in [4.69, 9.17) is 10.2 Å². The van der Waals surface area contributed by atoms with E-state index < -0.39 is 5.97 Å². The second kappa shape index (κ2) is 6.58. The number of fused-ring (bicyclic) bond motifs is 1. The molecule has 21 heavy (non-hydrogen) atoms. The molecule has 114 valence electrons. The van der Waals surface area contributed by atoms with Crippen molar-refractivity contribution in [3.63, 3.8) is 0 Å². The van der Waals surface area contributed by atoms with Crippen molar-refractivity contribution >= 4 is 17.7 Å². The number of nitrogens with zero attached hydrogens (tertiary/aromatic N) is 2. The molecule has 0 aliphatic carbocycles. The number of rotatable bonds is 5. The number of carboxylic acids is 1. The molecule has 6 nitrogen and oxygen atoms in total. The fourth-order valence-corrected chi connectivity index (χ4v) is 2.58. The third kappa shape index (κ3) is 3.16. The average molecular weight is 292 g/mol. The number of carbonyl (C=O) groups is 2. The van der Waals surface area contributed by atoms with Crippen molar-refractivity contribution in [1.82, 2.24) is 4.90 Å². The number of aromatic carboxylic acids is 1. The van der Waals surface area contributed by atoms with Gasteiger partial charge in [-0.25, -0.2) is 9.59 Å². The van der Waals surface area contributed by atoms with Crippen LogP contribution in [0.25, 0.3) is 0 Å². The van der Waals surface area contributed by atoms with Crippen LogP contribution in [0.3, 0.4) is 0 Å². The third-order valence-corrected chi connectivity index (χ3v) is 3.59. The van der Waals surface area contributed by atoms with E-state index in [-0.39, 0.29) is 24.7 Å². The van der Waals surface area contributed by atoms with Gasteiger partial charge >= 0.3 is 12.0 Å². The number of anilines is 1. The minimum atomic E-state index is -1.00. The standard InChI is InChI=1S/C15H20N2O4/c1-2-6-16(8-9-18)15(21)17-7-5-11-3-4-12(14(19)20)10-13(11)17/h3-4,10,18H,2,5-9H2,1H3,(H,19,20). The number of benzene rings is 1. The van der Waals surface area contributed by atoms with Crippen LogP contribution in [0.15, 0.2) is 18.2 Å². The quantitative estimate of drug-likeness (QED) is 0.863. The molecule has 0 atom stereocenters. The fourth-order valence-electron chi connectivity index (χ4n) is 2.58. The van der Waals surface area contributed by atoms with Crippen LogP contribution in [0, 0.1) is 0 Å². The zero-order valence-corrected chi connectivity index (χ0v) is 12.1. The molecule has 0 radical (unpaired) electrons. The summed E-state index contributed by atoms with van der Waals surface area (Å²) in [6.45, 7) is 3.30. The summed E-state index contributed by atoms with van der Waals surface area (Å²) in [6, 6.07) is 4.70. The van der Waals surface area contributed by atoms with E-state index in [1.807, 2.05) is 6.92 Å². The molecule has 1 heterocycles. The van der Waals surface area contributed by atoms with E-state index >= 15 is 0 Å². The van der Waals surface area contributed by atoms with Gasteiger partial charge in [0.2, 0.25) is 0 Å². The van der Waals surface area contributed by atoms with Crippen molar-refractivity contribution in [2.24, 2.45) is 0 Å². The predicted molar refractivity (Wildman–Crippen MR) is 78.8 cm³/mol. The lowest BCUT2D eigenvalue weighted by atomic mass is 10.1. The van der Waals surface area contributed by atoms with Crippen LogP contribution in [0.2, 0.25) is 0 Å². The lowest BCUT2D eigenvalue weighted by Gasteiger charge is -2.27. The number of carboxylic acid groups (broad SMARTS) is 1. The molecule has 2 rings (SSSR count). The van der Waals surface area contributed by atoms with E-state index in [2.05, 4.69) is 0 Å². The summed E-state index contributed by atoms with van der Waals surface area (Å²) >= 11 is 0. The second-order valence-electron chi connectivity index (χ2n) is 5.04. The molecule has 6 heteroatoms. The zero-order chi connectivity index (χ0) is 15.4. The van der Waals surface area contributed by atoms with E-state index in [0.29, 0.717) is 18.8 Å². The molecule has 1 aliphatic rings. The SMILES string of the molecule is CCCN(CCO)C(=O)N1CCc2ccc(C(=O)O)cc21. The predicted octanol–water partition coefficient (Wildman–Crippen LogP) is 1.57. The molecule has 1 aromatic carbocycles. The van der Waals surface area contributed by atoms with Gasteiger partial charge in [0.1, 0.15) is 0 Å². The van der Waals surface area contributed by atoms with Crippen LogP contribution in [-0.4, -0.2) is 53.4 Å². The molecule has 1 aromatic rings. The highest BCUT2D eigenvalue weighted by Crippen LogP contribution is 2.30. The van der Waals surface area contributed by atoms with Crippen LogP contribution in [0.4, 0.5) is 10.5 Å². The van der Waals surface area contributed by atoms with Gasteiger partial charge in [0.25, 0.3) is 0 Å². The number of hydrogen-bond acceptors (Lipinski definition) is 3. The van der Waals surface area contributed by atoms with E-state index in [9.17, 15) is 9.59 Å². The Morgan fingerprint density at radius 2 is 2.10 bits per heavy atom. The van der Waals surface area contributed by atoms with E-state index in [1.54, 1.807) is 28.0 Å². The topological polar surface area (TPSA) is 81.1 Å². The Morgan fingerprint density at radius 1 is 1.33 bits per heavy atom. The van der Waals surface area contributed by atoms with Crippen LogP contribution in [0.1, 0.15) is 29.3 Å². The number of aliphatic hydroxyl groups excluding tert-OH is 1. The maximum absolute atomic E-state index is 12.6. The van der Waals surface area contributed by atoms with Crippen molar-refractivity contribution in [3.8, 4) is 0 Å². The number of hydrogen-bond donors (Lipinski definition) is 2. The summed E-state index contributed by atoms with van der Waals surface area (Å²) in [7, 11) is 0. The van der Waals surface area contributed by atoms with E-state index in [0.717, 1.165) is 18.4 Å². The first-order valence-electron chi connectivity index (χ1n) is 7.12. The lowest BCUT2D eigenvalue weighted by Crippen LogP contribution is -2.44. The van der Waals surface area contributed by atoms with Gasteiger partial charge in [0.05, 0.1) is 12.2 Å². The first-order valence-corrected chi connectivity index (χ1v) is 7.12. The average Bonchev–Trinajstić information content (AvgIpc) is 2.89. The molecule has 2 N–H and O–H groups in total. The minimum Gasteiger partial charge on any atom is -0.478 e. The normalized spacial score (nSPS) is 13.1. The number of aliphatic hydroxyl groups is 1. The second-order valence-corrected chi connectivity index (χ2v) is 5.04. The Kier molecular flexibility index (Phi) is 4.80. The van der Waals surface area contributed by atoms with Crippen LogP contribution in [-0.2, 0) is 6.42 Å². The summed E-state index contributed by atoms with van der Waals surface area (Å²) < 4.78 is 0. The zero-order valence-electron chi connectivity index (χ0n) is 12.1. The molecule has 0 saturated carbocycles. The first-order chi connectivity index (χ1) is 10.1. The van der Waals surface area contributed by atoms with Crippen molar-refractivity contribution in [2.75, 3.05) is 31.1 Å². The Balaban J connectivity index is 2.25. The Morgan fingerprint density at radius 3 is 2.71 bits per heavy atom. The fraction of sp³-hybridized carbons (Fsp3) is 0.467. The van der Waals surface area contributed by atoms with Crippen LogP contribution in [0.5, 0.6) is 0 Å². The van der Waals surface area contributed by atoms with Gasteiger partial charge < -0.3 is 15.1 Å². The number of carbonyl (C=O) groups excluding carboxylic acids is 1. The molecule has 1 aliphatic heterocycles. The highest BCUT2D eigenvalue weighted by molar-refractivity contribution is 5.97. The van der Waals surface area contributed by atoms with Gasteiger partial charge in [0.15, 0.2) is 0 Å². The molecular weight excluding hydrogens is 272 g/mol.